The van der Waals surface area contributed by atoms with Gasteiger partial charge in [-0.3, -0.25) is 0 Å². The molecule has 5 aromatic carbocycles. The van der Waals surface area contributed by atoms with Gasteiger partial charge in [0.1, 0.15) is 17.7 Å². The van der Waals surface area contributed by atoms with Crippen LogP contribution in [-0.4, -0.2) is 13.7 Å². The second-order valence-electron chi connectivity index (χ2n) is 12.8. The predicted octanol–water partition coefficient (Wildman–Crippen LogP) is 10.2. The molecule has 2 unspecified atom stereocenters. The summed E-state index contributed by atoms with van der Waals surface area (Å²) in [6.07, 6.45) is 9.07. The van der Waals surface area contributed by atoms with E-state index in [1.54, 1.807) is 0 Å². The maximum absolute atomic E-state index is 11.4. The van der Waals surface area contributed by atoms with Crippen molar-refractivity contribution in [2.75, 3.05) is 0 Å². The van der Waals surface area contributed by atoms with E-state index in [4.69, 9.17) is 11.6 Å². The molecule has 4 heterocycles. The molecule has 0 bridgehead atoms. The van der Waals surface area contributed by atoms with Crippen molar-refractivity contribution < 1.29 is 0 Å². The van der Waals surface area contributed by atoms with E-state index in [0.717, 1.165) is 66.1 Å². The normalized spacial score (nSPS) is 16.6. The first-order chi connectivity index (χ1) is 23.7. The van der Waals surface area contributed by atoms with Gasteiger partial charge in [0, 0.05) is 50.0 Å². The molecule has 0 radical (unpaired) electrons. The summed E-state index contributed by atoms with van der Waals surface area (Å²) < 4.78 is 6.60. The average Bonchev–Trinajstić information content (AvgIpc) is 3.74. The Morgan fingerprint density at radius 2 is 0.917 bits per heavy atom. The minimum absolute atomic E-state index is 0.0363. The van der Waals surface area contributed by atoms with Crippen LogP contribution in [0.2, 0.25) is 5.02 Å². The molecule has 0 saturated heterocycles. The van der Waals surface area contributed by atoms with Gasteiger partial charge >= 0.3 is 0 Å². The number of para-hydroxylation sites is 4. The maximum atomic E-state index is 11.4. The van der Waals surface area contributed by atoms with E-state index in [-0.39, 0.29) is 16.9 Å². The van der Waals surface area contributed by atoms with Gasteiger partial charge in [-0.05, 0) is 24.3 Å². The van der Waals surface area contributed by atoms with E-state index in [1.807, 2.05) is 36.4 Å². The minimum atomic E-state index is -0.0363. The summed E-state index contributed by atoms with van der Waals surface area (Å²) in [7, 11) is 0. The highest BCUT2D eigenvalue weighted by molar-refractivity contribution is 6.35. The predicted molar refractivity (Wildman–Crippen MR) is 192 cm³/mol. The van der Waals surface area contributed by atoms with Gasteiger partial charge in [0.25, 0.3) is 0 Å². The summed E-state index contributed by atoms with van der Waals surface area (Å²) in [6.45, 7) is 0. The van der Waals surface area contributed by atoms with Gasteiger partial charge in [0.15, 0.2) is 0 Å². The number of aromatic nitrogens is 3. The van der Waals surface area contributed by atoms with E-state index in [1.165, 1.54) is 0 Å². The second-order valence-corrected chi connectivity index (χ2v) is 13.2. The first-order valence-electron chi connectivity index (χ1n) is 16.0. The molecule has 6 heteroatoms. The van der Waals surface area contributed by atoms with E-state index in [9.17, 15) is 10.5 Å². The SMILES string of the molecule is N#Cc1c(Cl)c(-n2c3ccccc3c3ccccc32)c(C#N)c2c1-n1c3c(c4ccccc41)C=CC1C=Cc4c(n-2c2ccccc42)C31. The minimum Gasteiger partial charge on any atom is -0.309 e. The molecule has 3 aliphatic rings. The van der Waals surface area contributed by atoms with Crippen molar-refractivity contribution in [1.82, 2.24) is 13.7 Å². The molecule has 0 saturated carbocycles. The van der Waals surface area contributed by atoms with Crippen LogP contribution in [0.5, 0.6) is 0 Å². The molecule has 8 aromatic rings. The first-order valence-corrected chi connectivity index (χ1v) is 16.4. The van der Waals surface area contributed by atoms with Crippen molar-refractivity contribution in [2.45, 2.75) is 5.92 Å². The Kier molecular flexibility index (Phi) is 4.83. The Hall–Kier alpha value is -6.27. The van der Waals surface area contributed by atoms with Gasteiger partial charge in [-0.2, -0.15) is 10.5 Å². The lowest BCUT2D eigenvalue weighted by atomic mass is 9.76. The molecular weight excluding hydrogens is 610 g/mol. The number of hydrogen-bond donors (Lipinski definition) is 0. The molecule has 0 N–H and O–H groups in total. The van der Waals surface area contributed by atoms with Gasteiger partial charge in [-0.25, -0.2) is 0 Å². The van der Waals surface area contributed by atoms with Crippen LogP contribution in [0.25, 0.3) is 72.8 Å². The molecule has 2 aliphatic carbocycles. The molecule has 3 aromatic heterocycles. The van der Waals surface area contributed by atoms with Gasteiger partial charge in [-0.15, -0.1) is 0 Å². The third-order valence-electron chi connectivity index (χ3n) is 10.7. The smallest absolute Gasteiger partial charge is 0.104 e. The van der Waals surface area contributed by atoms with E-state index < -0.39 is 0 Å². The lowest BCUT2D eigenvalue weighted by Crippen LogP contribution is -2.21. The highest BCUT2D eigenvalue weighted by Gasteiger charge is 2.43. The van der Waals surface area contributed by atoms with E-state index >= 15 is 0 Å². The summed E-state index contributed by atoms with van der Waals surface area (Å²) in [5.41, 5.74) is 11.0. The largest absolute Gasteiger partial charge is 0.309 e. The Morgan fingerprint density at radius 1 is 0.500 bits per heavy atom. The quantitative estimate of drug-likeness (QED) is 0.181. The molecule has 0 amide bonds. The highest BCUT2D eigenvalue weighted by atomic mass is 35.5. The molecule has 5 nitrogen and oxygen atoms in total. The molecule has 48 heavy (non-hydrogen) atoms. The molecule has 11 rings (SSSR count). The van der Waals surface area contributed by atoms with Crippen molar-refractivity contribution in [3.05, 3.63) is 148 Å². The Labute approximate surface area is 279 Å². The fourth-order valence-corrected chi connectivity index (χ4v) is 9.22. The number of benzene rings is 5. The molecule has 0 spiro atoms. The summed E-state index contributed by atoms with van der Waals surface area (Å²) >= 11 is 7.53. The van der Waals surface area contributed by atoms with Crippen molar-refractivity contribution in [2.24, 2.45) is 5.92 Å². The van der Waals surface area contributed by atoms with Gasteiger partial charge < -0.3 is 13.7 Å². The van der Waals surface area contributed by atoms with Crippen LogP contribution in [0, 0.1) is 28.6 Å². The molecule has 222 valence electrons. The third-order valence-corrected chi connectivity index (χ3v) is 11.1. The van der Waals surface area contributed by atoms with Gasteiger partial charge in [-0.1, -0.05) is 109 Å². The summed E-state index contributed by atoms with van der Waals surface area (Å²) in [5, 5.41) is 27.2. The number of allylic oxidation sites excluding steroid dienone is 2. The first kappa shape index (κ1) is 25.9. The lowest BCUT2D eigenvalue weighted by Gasteiger charge is -2.30. The Morgan fingerprint density at radius 3 is 1.40 bits per heavy atom. The number of nitrogens with zero attached hydrogens (tertiary/aromatic N) is 5. The van der Waals surface area contributed by atoms with E-state index in [0.29, 0.717) is 28.2 Å². The number of hydrogen-bond acceptors (Lipinski definition) is 2. The monoisotopic (exact) mass is 631 g/mol. The lowest BCUT2D eigenvalue weighted by molar-refractivity contribution is 0.626. The fourth-order valence-electron chi connectivity index (χ4n) is 8.91. The number of fused-ring (bicyclic) bond motifs is 12. The Balaban J connectivity index is 1.44. The van der Waals surface area contributed by atoms with Gasteiger partial charge in [0.05, 0.1) is 55.6 Å². The molecule has 0 fully saturated rings. The summed E-state index contributed by atoms with van der Waals surface area (Å²) in [5.74, 6) is 0.0690. The van der Waals surface area contributed by atoms with Crippen LogP contribution in [0.4, 0.5) is 0 Å². The van der Waals surface area contributed by atoms with Crippen molar-refractivity contribution in [1.29, 1.82) is 10.5 Å². The van der Waals surface area contributed by atoms with Crippen molar-refractivity contribution >= 4 is 67.4 Å². The zero-order valence-corrected chi connectivity index (χ0v) is 26.1. The van der Waals surface area contributed by atoms with Crippen molar-refractivity contribution in [3.8, 4) is 29.2 Å². The topological polar surface area (TPSA) is 62.4 Å². The Bertz CT molecular complexity index is 2900. The molecule has 1 aliphatic heterocycles. The van der Waals surface area contributed by atoms with Crippen LogP contribution >= 0.6 is 11.6 Å². The summed E-state index contributed by atoms with van der Waals surface area (Å²) in [4.78, 5) is 0. The fraction of sp³-hybridized carbons (Fsp3) is 0.0476. The van der Waals surface area contributed by atoms with Crippen molar-refractivity contribution in [3.63, 3.8) is 0 Å². The zero-order chi connectivity index (χ0) is 31.8. The number of nitriles is 2. The molecule has 2 atom stereocenters. The zero-order valence-electron chi connectivity index (χ0n) is 25.3. The van der Waals surface area contributed by atoms with Crippen LogP contribution in [0.15, 0.2) is 109 Å². The third kappa shape index (κ3) is 2.88. The van der Waals surface area contributed by atoms with Crippen LogP contribution < -0.4 is 0 Å². The van der Waals surface area contributed by atoms with Crippen LogP contribution in [0.3, 0.4) is 0 Å². The summed E-state index contributed by atoms with van der Waals surface area (Å²) in [6, 6.07) is 38.3. The maximum Gasteiger partial charge on any atom is 0.104 e. The van der Waals surface area contributed by atoms with Crippen LogP contribution in [0.1, 0.15) is 39.6 Å². The van der Waals surface area contributed by atoms with Gasteiger partial charge in [0.2, 0.25) is 0 Å². The standard InChI is InChI=1S/C42H22ClN5/c43-37-30(21-44)41-42(31(22-45)40(37)46-32-13-5-1-9-24(32)25-10-2-6-14-33(25)46)48-35-16-8-4-12-27(35)29-20-18-23-17-19-28-26-11-3-7-15-34(26)47(41)38(28)36(23)39(29)48/h1-20,23,36H. The van der Waals surface area contributed by atoms with Crippen LogP contribution in [-0.2, 0) is 0 Å². The molecular formula is C42H22ClN5. The van der Waals surface area contributed by atoms with E-state index in [2.05, 4.69) is 111 Å². The number of halogens is 1. The highest BCUT2D eigenvalue weighted by Crippen LogP contribution is 2.55. The number of rotatable bonds is 1. The average molecular weight is 632 g/mol. The second kappa shape index (κ2) is 8.96.